The average Bonchev–Trinajstić information content (AvgIpc) is 2.87. The Morgan fingerprint density at radius 1 is 0.846 bits per heavy atom. The van der Waals surface area contributed by atoms with Crippen molar-refractivity contribution in [1.82, 2.24) is 5.01 Å². The Hall–Kier alpha value is -2.21. The van der Waals surface area contributed by atoms with Crippen LogP contribution >= 0.6 is 0 Å². The van der Waals surface area contributed by atoms with E-state index in [0.717, 1.165) is 35.7 Å². The van der Waals surface area contributed by atoms with Crippen molar-refractivity contribution in [3.05, 3.63) is 29.8 Å². The molecule has 2 amide bonds. The zero-order chi connectivity index (χ0) is 18.9. The van der Waals surface area contributed by atoms with Gasteiger partial charge in [0.1, 0.15) is 6.73 Å². The van der Waals surface area contributed by atoms with Crippen molar-refractivity contribution >= 4 is 23.3 Å². The summed E-state index contributed by atoms with van der Waals surface area (Å²) >= 11 is 0. The number of benzene rings is 1. The molecule has 1 aromatic rings. The molecule has 6 heteroatoms. The Balaban J connectivity index is 2.04. The zero-order valence-electron chi connectivity index (χ0n) is 15.7. The monoisotopic (exact) mass is 360 g/mol. The number of ether oxygens (including phenoxy) is 1. The lowest BCUT2D eigenvalue weighted by Gasteiger charge is -2.26. The summed E-state index contributed by atoms with van der Waals surface area (Å²) < 4.78 is 5.44. The number of rotatable bonds is 11. The van der Waals surface area contributed by atoms with Gasteiger partial charge in [-0.25, -0.2) is 10.0 Å². The second-order valence-electron chi connectivity index (χ2n) is 6.52. The highest BCUT2D eigenvalue weighted by molar-refractivity contribution is 6.68. The Bertz CT molecular complexity index is 627. The quantitative estimate of drug-likeness (QED) is 0.449. The van der Waals surface area contributed by atoms with Crippen molar-refractivity contribution < 1.29 is 19.1 Å². The second-order valence-corrected chi connectivity index (χ2v) is 6.52. The lowest BCUT2D eigenvalue weighted by atomic mass is 10.1. The molecule has 0 saturated carbocycles. The molecule has 0 bridgehead atoms. The van der Waals surface area contributed by atoms with Gasteiger partial charge in [0, 0.05) is 6.61 Å². The fourth-order valence-electron chi connectivity index (χ4n) is 2.84. The van der Waals surface area contributed by atoms with Crippen molar-refractivity contribution in [3.8, 4) is 0 Å². The van der Waals surface area contributed by atoms with Gasteiger partial charge in [-0.2, -0.15) is 0 Å². The first-order valence-electron chi connectivity index (χ1n) is 9.47. The molecule has 142 valence electrons. The van der Waals surface area contributed by atoms with Gasteiger partial charge in [0.15, 0.2) is 0 Å². The molecular formula is C20H28N2O4. The summed E-state index contributed by atoms with van der Waals surface area (Å²) in [4.78, 5) is 36.1. The number of hydrogen-bond acceptors (Lipinski definition) is 4. The fraction of sp³-hybridized carbons (Fsp3) is 0.550. The summed E-state index contributed by atoms with van der Waals surface area (Å²) in [6.45, 7) is 4.60. The molecule has 0 aliphatic carbocycles. The minimum absolute atomic E-state index is 0.102. The number of hydrazine groups is 1. The van der Waals surface area contributed by atoms with E-state index in [1.54, 1.807) is 12.1 Å². The molecule has 1 aliphatic rings. The summed E-state index contributed by atoms with van der Waals surface area (Å²) in [5.41, 5.74) is 1.69. The third kappa shape index (κ3) is 4.91. The number of amides is 2. The van der Waals surface area contributed by atoms with E-state index in [0.29, 0.717) is 12.3 Å². The Kier molecular flexibility index (Phi) is 7.78. The van der Waals surface area contributed by atoms with E-state index in [2.05, 4.69) is 6.92 Å². The van der Waals surface area contributed by atoms with Gasteiger partial charge in [0.2, 0.25) is 0 Å². The van der Waals surface area contributed by atoms with Crippen molar-refractivity contribution in [2.24, 2.45) is 0 Å². The average molecular weight is 360 g/mol. The first kappa shape index (κ1) is 20.1. The number of unbranched alkanes of at least 4 members (excludes halogenated alkanes) is 4. The molecule has 1 fully saturated rings. The predicted octanol–water partition coefficient (Wildman–Crippen LogP) is 3.24. The molecule has 0 unspecified atom stereocenters. The third-order valence-electron chi connectivity index (χ3n) is 4.41. The molecule has 0 N–H and O–H groups in total. The van der Waals surface area contributed by atoms with Crippen LogP contribution in [0.4, 0.5) is 5.69 Å². The summed E-state index contributed by atoms with van der Waals surface area (Å²) in [6, 6.07) is 7.44. The van der Waals surface area contributed by atoms with Crippen LogP contribution in [0.2, 0.25) is 0 Å². The molecule has 0 radical (unpaired) electrons. The van der Waals surface area contributed by atoms with Crippen molar-refractivity contribution in [1.29, 1.82) is 0 Å². The molecule has 1 heterocycles. The fourth-order valence-corrected chi connectivity index (χ4v) is 2.84. The van der Waals surface area contributed by atoms with Crippen LogP contribution in [0.5, 0.6) is 0 Å². The molecule has 1 aliphatic heterocycles. The summed E-state index contributed by atoms with van der Waals surface area (Å²) in [7, 11) is 0. The smallest absolute Gasteiger partial charge is 0.323 e. The van der Waals surface area contributed by atoms with Crippen LogP contribution in [0.15, 0.2) is 24.3 Å². The largest absolute Gasteiger partial charge is 0.359 e. The summed E-state index contributed by atoms with van der Waals surface area (Å²) in [5, 5.41) is 2.20. The van der Waals surface area contributed by atoms with E-state index in [4.69, 9.17) is 4.74 Å². The van der Waals surface area contributed by atoms with E-state index in [-0.39, 0.29) is 6.73 Å². The minimum atomic E-state index is -1.02. The van der Waals surface area contributed by atoms with Gasteiger partial charge in [-0.05, 0) is 37.0 Å². The topological polar surface area (TPSA) is 66.9 Å². The van der Waals surface area contributed by atoms with Gasteiger partial charge < -0.3 is 4.74 Å². The van der Waals surface area contributed by atoms with E-state index in [1.165, 1.54) is 24.8 Å². The predicted molar refractivity (Wildman–Crippen MR) is 99.4 cm³/mol. The van der Waals surface area contributed by atoms with E-state index >= 15 is 0 Å². The number of ketones is 1. The minimum Gasteiger partial charge on any atom is -0.359 e. The van der Waals surface area contributed by atoms with Crippen LogP contribution in [0, 0.1) is 0 Å². The summed E-state index contributed by atoms with van der Waals surface area (Å²) in [5.74, 6) is -2.69. The van der Waals surface area contributed by atoms with Gasteiger partial charge in [0.25, 0.3) is 0 Å². The maximum atomic E-state index is 12.2. The Labute approximate surface area is 155 Å². The lowest BCUT2D eigenvalue weighted by Crippen LogP contribution is -2.42. The number of carbonyl (C=O) groups is 3. The van der Waals surface area contributed by atoms with E-state index < -0.39 is 17.6 Å². The van der Waals surface area contributed by atoms with Crippen LogP contribution in [0.1, 0.15) is 57.9 Å². The highest BCUT2D eigenvalue weighted by atomic mass is 16.5. The molecular weight excluding hydrogens is 332 g/mol. The normalized spacial score (nSPS) is 14.6. The van der Waals surface area contributed by atoms with E-state index in [1.807, 2.05) is 19.1 Å². The van der Waals surface area contributed by atoms with E-state index in [9.17, 15) is 14.4 Å². The van der Waals surface area contributed by atoms with Gasteiger partial charge >= 0.3 is 17.6 Å². The van der Waals surface area contributed by atoms with Crippen molar-refractivity contribution in [2.45, 2.75) is 58.8 Å². The van der Waals surface area contributed by atoms with Gasteiger partial charge in [-0.1, -0.05) is 51.7 Å². The number of nitrogens with zero attached hydrogens (tertiary/aromatic N) is 2. The third-order valence-corrected chi connectivity index (χ3v) is 4.41. The first-order valence-corrected chi connectivity index (χ1v) is 9.47. The molecule has 0 spiro atoms. The molecule has 6 nitrogen and oxygen atoms in total. The number of carbonyl (C=O) groups excluding carboxylic acids is 3. The van der Waals surface area contributed by atoms with Crippen LogP contribution < -0.4 is 5.01 Å². The maximum Gasteiger partial charge on any atom is 0.323 e. The van der Waals surface area contributed by atoms with Crippen LogP contribution in [0.25, 0.3) is 0 Å². The number of Topliss-reactive ketones (excluding diaryl/α,β-unsaturated/α-hetero) is 1. The van der Waals surface area contributed by atoms with Gasteiger partial charge in [-0.3, -0.25) is 14.4 Å². The maximum absolute atomic E-state index is 12.2. The standard InChI is InChI=1S/C20H28N2O4/c1-3-5-7-8-9-16-10-12-17(13-11-16)22-20(25)18(23)19(24)21(22)15-26-14-6-4-2/h10-13H,3-9,14-15H2,1-2H3. The molecule has 0 atom stereocenters. The highest BCUT2D eigenvalue weighted by Gasteiger charge is 2.45. The first-order chi connectivity index (χ1) is 12.6. The Morgan fingerprint density at radius 3 is 2.19 bits per heavy atom. The van der Waals surface area contributed by atoms with Gasteiger partial charge in [0.05, 0.1) is 5.69 Å². The molecule has 0 aromatic heterocycles. The summed E-state index contributed by atoms with van der Waals surface area (Å²) in [6.07, 6.45) is 7.58. The van der Waals surface area contributed by atoms with Crippen LogP contribution in [-0.4, -0.2) is 35.9 Å². The number of anilines is 1. The van der Waals surface area contributed by atoms with Gasteiger partial charge in [-0.15, -0.1) is 0 Å². The molecule has 2 rings (SSSR count). The molecule has 26 heavy (non-hydrogen) atoms. The lowest BCUT2D eigenvalue weighted by molar-refractivity contribution is -0.144. The van der Waals surface area contributed by atoms with Crippen LogP contribution in [-0.2, 0) is 25.5 Å². The van der Waals surface area contributed by atoms with Crippen molar-refractivity contribution in [3.63, 3.8) is 0 Å². The number of hydrogen-bond donors (Lipinski definition) is 0. The Morgan fingerprint density at radius 2 is 1.54 bits per heavy atom. The zero-order valence-corrected chi connectivity index (χ0v) is 15.7. The number of aryl methyl sites for hydroxylation is 1. The van der Waals surface area contributed by atoms with Crippen LogP contribution in [0.3, 0.4) is 0 Å². The molecule has 1 aromatic carbocycles. The molecule has 1 saturated heterocycles. The highest BCUT2D eigenvalue weighted by Crippen LogP contribution is 2.23. The van der Waals surface area contributed by atoms with Crippen molar-refractivity contribution in [2.75, 3.05) is 18.3 Å². The second kappa shape index (κ2) is 10.1. The SMILES string of the molecule is CCCCCCc1ccc(N2C(=O)C(=O)C(=O)N2COCCCC)cc1.